The van der Waals surface area contributed by atoms with Crippen LogP contribution in [0.3, 0.4) is 0 Å². The van der Waals surface area contributed by atoms with Crippen LogP contribution in [-0.2, 0) is 6.42 Å². The molecule has 30 heavy (non-hydrogen) atoms. The SMILES string of the molecule is O=C(NO)c1cnc(N2CC3C(C2)C3NC(=O)c2ccc3c(c2)CC=CC=C3)nc1. The van der Waals surface area contributed by atoms with Gasteiger partial charge < -0.3 is 10.2 Å². The maximum atomic E-state index is 12.7. The van der Waals surface area contributed by atoms with E-state index in [-0.39, 0.29) is 17.5 Å². The van der Waals surface area contributed by atoms with Crippen LogP contribution in [0.1, 0.15) is 31.8 Å². The van der Waals surface area contributed by atoms with Gasteiger partial charge in [0.25, 0.3) is 11.8 Å². The summed E-state index contributed by atoms with van der Waals surface area (Å²) in [5.41, 5.74) is 4.76. The summed E-state index contributed by atoms with van der Waals surface area (Å²) in [6.07, 6.45) is 11.8. The average molecular weight is 403 g/mol. The van der Waals surface area contributed by atoms with Crippen molar-refractivity contribution in [2.75, 3.05) is 18.0 Å². The Bertz CT molecular complexity index is 1050. The van der Waals surface area contributed by atoms with Crippen LogP contribution in [0, 0.1) is 11.8 Å². The third kappa shape index (κ3) is 3.35. The third-order valence-corrected chi connectivity index (χ3v) is 6.04. The summed E-state index contributed by atoms with van der Waals surface area (Å²) in [5, 5.41) is 11.8. The van der Waals surface area contributed by atoms with Gasteiger partial charge in [0.2, 0.25) is 5.95 Å². The van der Waals surface area contributed by atoms with Crippen molar-refractivity contribution in [1.29, 1.82) is 0 Å². The van der Waals surface area contributed by atoms with E-state index in [2.05, 4.69) is 32.3 Å². The number of amides is 2. The number of anilines is 1. The summed E-state index contributed by atoms with van der Waals surface area (Å²) >= 11 is 0. The van der Waals surface area contributed by atoms with E-state index in [0.29, 0.717) is 23.3 Å². The van der Waals surface area contributed by atoms with Gasteiger partial charge in [-0.15, -0.1) is 0 Å². The molecule has 3 N–H and O–H groups in total. The van der Waals surface area contributed by atoms with Gasteiger partial charge in [-0.25, -0.2) is 15.4 Å². The zero-order valence-corrected chi connectivity index (χ0v) is 16.2. The van der Waals surface area contributed by atoms with Crippen LogP contribution in [0.4, 0.5) is 5.95 Å². The standard InChI is InChI=1S/C22H21N5O3/c28-20(15-7-6-13-4-2-1-3-5-14(13)8-15)25-19-17-11-27(12-18(17)19)22-23-9-16(10-24-22)21(29)26-30/h1-4,6-10,17-19,30H,5,11-12H2,(H,25,28)(H,26,29). The van der Waals surface area contributed by atoms with Crippen molar-refractivity contribution < 1.29 is 14.8 Å². The zero-order chi connectivity index (χ0) is 20.7. The fourth-order valence-electron chi connectivity index (χ4n) is 4.32. The van der Waals surface area contributed by atoms with Crippen molar-refractivity contribution in [2.24, 2.45) is 11.8 Å². The smallest absolute Gasteiger partial charge is 0.277 e. The van der Waals surface area contributed by atoms with Crippen molar-refractivity contribution in [3.05, 3.63) is 71.1 Å². The predicted molar refractivity (Wildman–Crippen MR) is 110 cm³/mol. The molecule has 2 fully saturated rings. The molecule has 0 spiro atoms. The number of hydrogen-bond donors (Lipinski definition) is 3. The monoisotopic (exact) mass is 403 g/mol. The van der Waals surface area contributed by atoms with Gasteiger partial charge in [0.1, 0.15) is 0 Å². The highest BCUT2D eigenvalue weighted by molar-refractivity contribution is 5.95. The van der Waals surface area contributed by atoms with Crippen LogP contribution >= 0.6 is 0 Å². The number of carbonyl (C=O) groups is 2. The average Bonchev–Trinajstić information content (AvgIpc) is 3.31. The number of carbonyl (C=O) groups excluding carboxylic acids is 2. The molecule has 8 nitrogen and oxygen atoms in total. The molecule has 0 bridgehead atoms. The van der Waals surface area contributed by atoms with E-state index in [1.54, 1.807) is 5.48 Å². The lowest BCUT2D eigenvalue weighted by molar-refractivity contribution is 0.0705. The highest BCUT2D eigenvalue weighted by Gasteiger charge is 2.57. The minimum atomic E-state index is -0.640. The number of piperidine rings is 1. The Labute approximate surface area is 173 Å². The van der Waals surface area contributed by atoms with Crippen LogP contribution in [0.25, 0.3) is 6.08 Å². The highest BCUT2D eigenvalue weighted by atomic mass is 16.5. The van der Waals surface area contributed by atoms with Gasteiger partial charge in [0, 0.05) is 48.9 Å². The maximum absolute atomic E-state index is 12.7. The molecular weight excluding hydrogens is 382 g/mol. The van der Waals surface area contributed by atoms with E-state index >= 15 is 0 Å². The molecule has 1 aromatic carbocycles. The molecule has 2 heterocycles. The first kappa shape index (κ1) is 18.5. The Balaban J connectivity index is 1.19. The summed E-state index contributed by atoms with van der Waals surface area (Å²) in [4.78, 5) is 34.6. The number of hydroxylamine groups is 1. The van der Waals surface area contributed by atoms with Crippen LogP contribution in [0.2, 0.25) is 0 Å². The molecule has 2 unspecified atom stereocenters. The van der Waals surface area contributed by atoms with E-state index in [1.807, 2.05) is 30.4 Å². The van der Waals surface area contributed by atoms with Crippen LogP contribution in [0.15, 0.2) is 48.8 Å². The Morgan fingerprint density at radius 2 is 1.80 bits per heavy atom. The van der Waals surface area contributed by atoms with E-state index < -0.39 is 5.91 Å². The zero-order valence-electron chi connectivity index (χ0n) is 16.2. The van der Waals surface area contributed by atoms with Crippen molar-refractivity contribution in [3.8, 4) is 0 Å². The molecule has 152 valence electrons. The summed E-state index contributed by atoms with van der Waals surface area (Å²) < 4.78 is 0. The fourth-order valence-corrected chi connectivity index (χ4v) is 4.32. The largest absolute Gasteiger partial charge is 0.349 e. The molecule has 1 aliphatic heterocycles. The second kappa shape index (κ2) is 7.38. The van der Waals surface area contributed by atoms with Gasteiger partial charge in [0.05, 0.1) is 5.56 Å². The van der Waals surface area contributed by atoms with Crippen molar-refractivity contribution in [2.45, 2.75) is 12.5 Å². The van der Waals surface area contributed by atoms with Crippen molar-refractivity contribution in [1.82, 2.24) is 20.8 Å². The number of nitrogens with one attached hydrogen (secondary N) is 2. The normalized spacial score (nSPS) is 23.4. The Morgan fingerprint density at radius 1 is 1.03 bits per heavy atom. The first-order valence-corrected chi connectivity index (χ1v) is 9.92. The van der Waals surface area contributed by atoms with E-state index in [0.717, 1.165) is 30.6 Å². The lowest BCUT2D eigenvalue weighted by Gasteiger charge is -2.20. The first-order valence-electron chi connectivity index (χ1n) is 9.92. The summed E-state index contributed by atoms with van der Waals surface area (Å²) in [5.74, 6) is 0.637. The molecule has 2 aliphatic carbocycles. The molecule has 2 amide bonds. The maximum Gasteiger partial charge on any atom is 0.277 e. The summed E-state index contributed by atoms with van der Waals surface area (Å²) in [6.45, 7) is 1.53. The van der Waals surface area contributed by atoms with Crippen LogP contribution in [-0.4, -0.2) is 46.1 Å². The summed E-state index contributed by atoms with van der Waals surface area (Å²) in [7, 11) is 0. The Kier molecular flexibility index (Phi) is 4.55. The van der Waals surface area contributed by atoms with Crippen LogP contribution in [0.5, 0.6) is 0 Å². The Hall–Kier alpha value is -3.52. The predicted octanol–water partition coefficient (Wildman–Crippen LogP) is 1.59. The van der Waals surface area contributed by atoms with Gasteiger partial charge in [-0.1, -0.05) is 30.4 Å². The fraction of sp³-hybridized carbons (Fsp3) is 0.273. The van der Waals surface area contributed by atoms with E-state index in [4.69, 9.17) is 5.21 Å². The highest BCUT2D eigenvalue weighted by Crippen LogP contribution is 2.46. The lowest BCUT2D eigenvalue weighted by atomic mass is 10.0. The minimum Gasteiger partial charge on any atom is -0.349 e. The number of rotatable bonds is 4. The number of nitrogens with zero attached hydrogens (tertiary/aromatic N) is 3. The van der Waals surface area contributed by atoms with Gasteiger partial charge in [-0.2, -0.15) is 0 Å². The molecular formula is C22H21N5O3. The van der Waals surface area contributed by atoms with Crippen LogP contribution < -0.4 is 15.7 Å². The molecule has 1 saturated heterocycles. The molecule has 8 heteroatoms. The number of allylic oxidation sites excluding steroid dienone is 3. The molecule has 3 aliphatic rings. The molecule has 5 rings (SSSR count). The van der Waals surface area contributed by atoms with Crippen molar-refractivity contribution >= 4 is 23.8 Å². The molecule has 2 atom stereocenters. The topological polar surface area (TPSA) is 107 Å². The van der Waals surface area contributed by atoms with Gasteiger partial charge in [0.15, 0.2) is 0 Å². The lowest BCUT2D eigenvalue weighted by Crippen LogP contribution is -2.35. The quantitative estimate of drug-likeness (QED) is 0.529. The second-order valence-corrected chi connectivity index (χ2v) is 7.85. The number of aromatic nitrogens is 2. The van der Waals surface area contributed by atoms with E-state index in [1.165, 1.54) is 12.4 Å². The summed E-state index contributed by atoms with van der Waals surface area (Å²) in [6, 6.07) is 6.03. The molecule has 1 saturated carbocycles. The van der Waals surface area contributed by atoms with E-state index in [9.17, 15) is 9.59 Å². The molecule has 2 aromatic rings. The second-order valence-electron chi connectivity index (χ2n) is 7.85. The molecule has 0 radical (unpaired) electrons. The Morgan fingerprint density at radius 3 is 2.53 bits per heavy atom. The van der Waals surface area contributed by atoms with Gasteiger partial charge in [-0.3, -0.25) is 14.8 Å². The molecule has 1 aromatic heterocycles. The van der Waals surface area contributed by atoms with Crippen molar-refractivity contribution in [3.63, 3.8) is 0 Å². The minimum absolute atomic E-state index is 0.0309. The number of fused-ring (bicyclic) bond motifs is 2. The number of hydrogen-bond acceptors (Lipinski definition) is 6. The first-order chi connectivity index (χ1) is 14.6. The van der Waals surface area contributed by atoms with Gasteiger partial charge >= 0.3 is 0 Å². The number of benzene rings is 1. The van der Waals surface area contributed by atoms with Gasteiger partial charge in [-0.05, 0) is 29.7 Å². The third-order valence-electron chi connectivity index (χ3n) is 6.04.